The number of nitrogens with zero attached hydrogens (tertiary/aromatic N) is 2. The lowest BCUT2D eigenvalue weighted by molar-refractivity contribution is -0.130. The standard InChI is InChI=1S/C22H28N4O/c1-17-6-5-9-20(14-17)25-22(23)24-16-21(27)26-12-10-19(11-13-26)15-18-7-3-2-4-8-18/h2-9,14,19H,10-13,15-16H2,1H3,(H3,23,24,25). The van der Waals surface area contributed by atoms with E-state index in [1.165, 1.54) is 5.56 Å². The monoisotopic (exact) mass is 364 g/mol. The van der Waals surface area contributed by atoms with Crippen molar-refractivity contribution in [2.75, 3.05) is 25.0 Å². The van der Waals surface area contributed by atoms with Crippen LogP contribution in [0.25, 0.3) is 0 Å². The van der Waals surface area contributed by atoms with E-state index in [0.717, 1.165) is 43.6 Å². The Morgan fingerprint density at radius 3 is 2.59 bits per heavy atom. The number of hydrogen-bond donors (Lipinski definition) is 2. The molecule has 5 heteroatoms. The van der Waals surface area contributed by atoms with Gasteiger partial charge in [0, 0.05) is 18.8 Å². The summed E-state index contributed by atoms with van der Waals surface area (Å²) in [5, 5.41) is 3.03. The molecule has 1 amide bonds. The van der Waals surface area contributed by atoms with E-state index in [-0.39, 0.29) is 18.4 Å². The number of piperidine rings is 1. The molecule has 0 atom stereocenters. The van der Waals surface area contributed by atoms with Crippen molar-refractivity contribution < 1.29 is 4.79 Å². The second kappa shape index (κ2) is 9.21. The summed E-state index contributed by atoms with van der Waals surface area (Å²) in [5.74, 6) is 0.961. The van der Waals surface area contributed by atoms with E-state index in [2.05, 4.69) is 34.6 Å². The fourth-order valence-electron chi connectivity index (χ4n) is 3.50. The zero-order chi connectivity index (χ0) is 19.1. The van der Waals surface area contributed by atoms with Crippen LogP contribution in [0.3, 0.4) is 0 Å². The molecular weight excluding hydrogens is 336 g/mol. The lowest BCUT2D eigenvalue weighted by Gasteiger charge is -2.31. The highest BCUT2D eigenvalue weighted by molar-refractivity contribution is 5.93. The third kappa shape index (κ3) is 5.84. The van der Waals surface area contributed by atoms with Gasteiger partial charge < -0.3 is 16.0 Å². The molecular formula is C22H28N4O. The molecule has 27 heavy (non-hydrogen) atoms. The van der Waals surface area contributed by atoms with E-state index in [0.29, 0.717) is 5.92 Å². The van der Waals surface area contributed by atoms with Crippen LogP contribution < -0.4 is 11.1 Å². The molecule has 142 valence electrons. The molecule has 2 aromatic carbocycles. The van der Waals surface area contributed by atoms with Crippen LogP contribution in [-0.4, -0.2) is 36.4 Å². The predicted molar refractivity (Wildman–Crippen MR) is 111 cm³/mol. The molecule has 0 spiro atoms. The van der Waals surface area contributed by atoms with Gasteiger partial charge in [-0.05, 0) is 55.4 Å². The van der Waals surface area contributed by atoms with Crippen LogP contribution in [0.15, 0.2) is 59.6 Å². The first kappa shape index (κ1) is 19.0. The number of nitrogens with two attached hydrogens (primary N) is 1. The number of anilines is 1. The lowest BCUT2D eigenvalue weighted by atomic mass is 9.90. The van der Waals surface area contributed by atoms with E-state index in [1.54, 1.807) is 0 Å². The second-order valence-corrected chi connectivity index (χ2v) is 7.21. The summed E-state index contributed by atoms with van der Waals surface area (Å²) >= 11 is 0. The van der Waals surface area contributed by atoms with E-state index < -0.39 is 0 Å². The highest BCUT2D eigenvalue weighted by Gasteiger charge is 2.22. The van der Waals surface area contributed by atoms with Crippen molar-refractivity contribution in [1.29, 1.82) is 0 Å². The summed E-state index contributed by atoms with van der Waals surface area (Å²) in [6, 6.07) is 18.5. The van der Waals surface area contributed by atoms with Crippen LogP contribution in [0.2, 0.25) is 0 Å². The van der Waals surface area contributed by atoms with Gasteiger partial charge in [0.05, 0.1) is 0 Å². The van der Waals surface area contributed by atoms with Crippen LogP contribution in [0, 0.1) is 12.8 Å². The molecule has 3 N–H and O–H groups in total. The third-order valence-corrected chi connectivity index (χ3v) is 5.01. The number of amides is 1. The van der Waals surface area contributed by atoms with Crippen molar-refractivity contribution >= 4 is 17.6 Å². The molecule has 1 aliphatic heterocycles. The fraction of sp³-hybridized carbons (Fsp3) is 0.364. The number of aliphatic imine (C=N–C) groups is 1. The van der Waals surface area contributed by atoms with Gasteiger partial charge in [-0.3, -0.25) is 4.79 Å². The smallest absolute Gasteiger partial charge is 0.244 e. The number of aryl methyl sites for hydroxylation is 1. The zero-order valence-electron chi connectivity index (χ0n) is 15.9. The predicted octanol–water partition coefficient (Wildman–Crippen LogP) is 3.20. The number of likely N-dealkylation sites (tertiary alicyclic amines) is 1. The molecule has 1 fully saturated rings. The first-order valence-corrected chi connectivity index (χ1v) is 9.55. The van der Waals surface area contributed by atoms with E-state index in [9.17, 15) is 4.79 Å². The summed E-state index contributed by atoms with van der Waals surface area (Å²) < 4.78 is 0. The maximum Gasteiger partial charge on any atom is 0.244 e. The first-order valence-electron chi connectivity index (χ1n) is 9.55. The van der Waals surface area contributed by atoms with Crippen molar-refractivity contribution in [3.8, 4) is 0 Å². The Bertz CT molecular complexity index is 780. The van der Waals surface area contributed by atoms with Gasteiger partial charge >= 0.3 is 0 Å². The minimum Gasteiger partial charge on any atom is -0.370 e. The molecule has 3 rings (SSSR count). The van der Waals surface area contributed by atoms with Gasteiger partial charge in [-0.1, -0.05) is 42.5 Å². The topological polar surface area (TPSA) is 70.7 Å². The van der Waals surface area contributed by atoms with Crippen molar-refractivity contribution in [1.82, 2.24) is 4.90 Å². The van der Waals surface area contributed by atoms with E-state index >= 15 is 0 Å². The summed E-state index contributed by atoms with van der Waals surface area (Å²) in [6.07, 6.45) is 3.18. The van der Waals surface area contributed by atoms with Crippen LogP contribution >= 0.6 is 0 Å². The van der Waals surface area contributed by atoms with Crippen molar-refractivity contribution in [3.05, 3.63) is 65.7 Å². The fourth-order valence-corrected chi connectivity index (χ4v) is 3.50. The van der Waals surface area contributed by atoms with Gasteiger partial charge in [0.2, 0.25) is 5.91 Å². The molecule has 2 aromatic rings. The van der Waals surface area contributed by atoms with Crippen molar-refractivity contribution in [2.24, 2.45) is 16.6 Å². The Hall–Kier alpha value is -2.82. The minimum atomic E-state index is 0.0437. The molecule has 0 aromatic heterocycles. The van der Waals surface area contributed by atoms with E-state index in [4.69, 9.17) is 5.73 Å². The molecule has 0 radical (unpaired) electrons. The van der Waals surface area contributed by atoms with Crippen LogP contribution in [0.5, 0.6) is 0 Å². The SMILES string of the molecule is Cc1cccc(NC(N)=NCC(=O)N2CCC(Cc3ccccc3)CC2)c1. The largest absolute Gasteiger partial charge is 0.370 e. The molecule has 0 aliphatic carbocycles. The lowest BCUT2D eigenvalue weighted by Crippen LogP contribution is -2.40. The van der Waals surface area contributed by atoms with Crippen LogP contribution in [-0.2, 0) is 11.2 Å². The van der Waals surface area contributed by atoms with Crippen molar-refractivity contribution in [2.45, 2.75) is 26.2 Å². The average molecular weight is 364 g/mol. The summed E-state index contributed by atoms with van der Waals surface area (Å²) in [5.41, 5.74) is 9.31. The molecule has 1 saturated heterocycles. The number of guanidine groups is 1. The van der Waals surface area contributed by atoms with Gasteiger partial charge in [-0.25, -0.2) is 4.99 Å². The number of carbonyl (C=O) groups is 1. The number of benzene rings is 2. The van der Waals surface area contributed by atoms with Gasteiger partial charge in [-0.2, -0.15) is 0 Å². The summed E-state index contributed by atoms with van der Waals surface area (Å²) in [6.45, 7) is 3.71. The molecule has 0 saturated carbocycles. The normalized spacial score (nSPS) is 15.6. The minimum absolute atomic E-state index is 0.0437. The molecule has 0 unspecified atom stereocenters. The van der Waals surface area contributed by atoms with Gasteiger partial charge in [0.25, 0.3) is 0 Å². The number of nitrogens with one attached hydrogen (secondary N) is 1. The maximum atomic E-state index is 12.4. The Morgan fingerprint density at radius 1 is 1.15 bits per heavy atom. The van der Waals surface area contributed by atoms with Crippen LogP contribution in [0.4, 0.5) is 5.69 Å². The number of hydrogen-bond acceptors (Lipinski definition) is 2. The molecule has 1 aliphatic rings. The zero-order valence-corrected chi connectivity index (χ0v) is 15.9. The summed E-state index contributed by atoms with van der Waals surface area (Å²) in [4.78, 5) is 18.5. The molecule has 1 heterocycles. The highest BCUT2D eigenvalue weighted by atomic mass is 16.2. The molecule has 0 bridgehead atoms. The van der Waals surface area contributed by atoms with E-state index in [1.807, 2.05) is 42.2 Å². The van der Waals surface area contributed by atoms with Crippen molar-refractivity contribution in [3.63, 3.8) is 0 Å². The highest BCUT2D eigenvalue weighted by Crippen LogP contribution is 2.21. The Balaban J connectivity index is 1.43. The number of carbonyl (C=O) groups excluding carboxylic acids is 1. The maximum absolute atomic E-state index is 12.4. The summed E-state index contributed by atoms with van der Waals surface area (Å²) in [7, 11) is 0. The second-order valence-electron chi connectivity index (χ2n) is 7.21. The first-order chi connectivity index (χ1) is 13.1. The average Bonchev–Trinajstić information content (AvgIpc) is 2.67. The third-order valence-electron chi connectivity index (χ3n) is 5.01. The quantitative estimate of drug-likeness (QED) is 0.632. The van der Waals surface area contributed by atoms with Gasteiger partial charge in [0.15, 0.2) is 5.96 Å². The Kier molecular flexibility index (Phi) is 6.47. The van der Waals surface area contributed by atoms with Gasteiger partial charge in [-0.15, -0.1) is 0 Å². The Labute approximate surface area is 161 Å². The number of rotatable bonds is 5. The van der Waals surface area contributed by atoms with Crippen LogP contribution in [0.1, 0.15) is 24.0 Å². The Morgan fingerprint density at radius 2 is 1.89 bits per heavy atom. The van der Waals surface area contributed by atoms with Gasteiger partial charge in [0.1, 0.15) is 6.54 Å². The molecule has 5 nitrogen and oxygen atoms in total.